The number of nitrogens with zero attached hydrogens (tertiary/aromatic N) is 4. The first-order valence-corrected chi connectivity index (χ1v) is 9.91. The Balaban J connectivity index is 1.81. The van der Waals surface area contributed by atoms with Gasteiger partial charge in [-0.25, -0.2) is 0 Å². The zero-order valence-corrected chi connectivity index (χ0v) is 16.7. The van der Waals surface area contributed by atoms with E-state index in [9.17, 15) is 10.1 Å². The Morgan fingerprint density at radius 1 is 1.21 bits per heavy atom. The number of nitro benzene ring substituents is 1. The van der Waals surface area contributed by atoms with Crippen molar-refractivity contribution in [1.82, 2.24) is 19.8 Å². The van der Waals surface area contributed by atoms with Crippen molar-refractivity contribution in [3.8, 4) is 5.69 Å². The van der Waals surface area contributed by atoms with Crippen LogP contribution in [0, 0.1) is 10.1 Å². The molecule has 0 spiro atoms. The van der Waals surface area contributed by atoms with Gasteiger partial charge in [0.2, 0.25) is 0 Å². The fraction of sp³-hybridized carbons (Fsp3) is 0.238. The molecule has 7 nitrogen and oxygen atoms in total. The summed E-state index contributed by atoms with van der Waals surface area (Å²) in [6.45, 7) is 2.92. The molecule has 0 aliphatic carbocycles. The van der Waals surface area contributed by atoms with E-state index in [0.29, 0.717) is 5.11 Å². The predicted molar refractivity (Wildman–Crippen MR) is 115 cm³/mol. The fourth-order valence-corrected chi connectivity index (χ4v) is 4.17. The highest BCUT2D eigenvalue weighted by molar-refractivity contribution is 7.80. The number of aromatic nitrogens is 2. The Morgan fingerprint density at radius 3 is 2.79 bits per heavy atom. The van der Waals surface area contributed by atoms with E-state index in [2.05, 4.69) is 22.1 Å². The highest BCUT2D eigenvalue weighted by Crippen LogP contribution is 2.39. The molecule has 2 atom stereocenters. The molecule has 1 N–H and O–H groups in total. The van der Waals surface area contributed by atoms with Gasteiger partial charge in [0.05, 0.1) is 28.4 Å². The molecule has 4 rings (SSSR count). The normalized spacial score (nSPS) is 18.7. The van der Waals surface area contributed by atoms with Gasteiger partial charge in [0.15, 0.2) is 5.11 Å². The van der Waals surface area contributed by atoms with Crippen molar-refractivity contribution in [3.63, 3.8) is 0 Å². The molecule has 1 aliphatic heterocycles. The number of hydrogen-bond donors (Lipinski definition) is 1. The van der Waals surface area contributed by atoms with Crippen LogP contribution in [0.5, 0.6) is 0 Å². The summed E-state index contributed by atoms with van der Waals surface area (Å²) in [5.41, 5.74) is 2.72. The van der Waals surface area contributed by atoms with E-state index in [1.807, 2.05) is 47.2 Å². The zero-order valence-electron chi connectivity index (χ0n) is 15.9. The van der Waals surface area contributed by atoms with Crippen molar-refractivity contribution < 1.29 is 4.92 Å². The Morgan fingerprint density at radius 2 is 2.07 bits per heavy atom. The average molecular weight is 407 g/mol. The molecule has 0 radical (unpaired) electrons. The lowest BCUT2D eigenvalue weighted by Gasteiger charge is -2.28. The molecule has 0 amide bonds. The Kier molecular flexibility index (Phi) is 5.26. The highest BCUT2D eigenvalue weighted by atomic mass is 32.1. The number of nitrogens with one attached hydrogen (secondary N) is 1. The molecule has 2 aromatic heterocycles. The number of thiocarbonyl (C=S) groups is 1. The van der Waals surface area contributed by atoms with Crippen LogP contribution in [0.25, 0.3) is 5.69 Å². The van der Waals surface area contributed by atoms with Crippen molar-refractivity contribution in [3.05, 3.63) is 88.5 Å². The smallest absolute Gasteiger partial charge is 0.271 e. The largest absolute Gasteiger partial charge is 0.352 e. The number of benzene rings is 1. The Bertz CT molecular complexity index is 1040. The third-order valence-corrected chi connectivity index (χ3v) is 5.42. The zero-order chi connectivity index (χ0) is 20.4. The predicted octanol–water partition coefficient (Wildman–Crippen LogP) is 4.16. The number of pyridine rings is 1. The molecule has 3 heterocycles. The molecule has 0 saturated carbocycles. The van der Waals surface area contributed by atoms with Crippen molar-refractivity contribution in [2.24, 2.45) is 0 Å². The van der Waals surface area contributed by atoms with Gasteiger partial charge in [-0.2, -0.15) is 0 Å². The number of nitro groups is 1. The summed E-state index contributed by atoms with van der Waals surface area (Å²) in [4.78, 5) is 17.6. The van der Waals surface area contributed by atoms with Gasteiger partial charge in [0.25, 0.3) is 5.69 Å². The van der Waals surface area contributed by atoms with Crippen LogP contribution in [-0.2, 0) is 0 Å². The number of hydrogen-bond acceptors (Lipinski definition) is 4. The van der Waals surface area contributed by atoms with Crippen molar-refractivity contribution >= 4 is 23.0 Å². The highest BCUT2D eigenvalue weighted by Gasteiger charge is 2.40. The summed E-state index contributed by atoms with van der Waals surface area (Å²) < 4.78 is 1.99. The van der Waals surface area contributed by atoms with Gasteiger partial charge in [-0.3, -0.25) is 15.1 Å². The van der Waals surface area contributed by atoms with Crippen LogP contribution in [0.3, 0.4) is 0 Å². The summed E-state index contributed by atoms with van der Waals surface area (Å²) in [5, 5.41) is 15.4. The van der Waals surface area contributed by atoms with E-state index in [1.54, 1.807) is 18.3 Å². The maximum Gasteiger partial charge on any atom is 0.271 e. The third-order valence-electron chi connectivity index (χ3n) is 5.06. The summed E-state index contributed by atoms with van der Waals surface area (Å²) in [6.07, 6.45) is 4.65. The number of rotatable bonds is 6. The summed E-state index contributed by atoms with van der Waals surface area (Å²) in [7, 11) is 0. The first-order valence-electron chi connectivity index (χ1n) is 9.50. The molecule has 0 bridgehead atoms. The van der Waals surface area contributed by atoms with E-state index >= 15 is 0 Å². The van der Waals surface area contributed by atoms with Crippen LogP contribution in [-0.4, -0.2) is 31.0 Å². The van der Waals surface area contributed by atoms with Crippen molar-refractivity contribution in [2.75, 3.05) is 6.54 Å². The summed E-state index contributed by atoms with van der Waals surface area (Å²) in [5.74, 6) is 0. The molecular formula is C21H21N5O2S. The molecule has 1 fully saturated rings. The van der Waals surface area contributed by atoms with Gasteiger partial charge >= 0.3 is 0 Å². The lowest BCUT2D eigenvalue weighted by Crippen LogP contribution is -2.31. The molecule has 0 unspecified atom stereocenters. The minimum absolute atomic E-state index is 0.0638. The van der Waals surface area contributed by atoms with Gasteiger partial charge in [0, 0.05) is 36.8 Å². The third kappa shape index (κ3) is 3.58. The maximum atomic E-state index is 11.2. The van der Waals surface area contributed by atoms with Crippen LogP contribution >= 0.6 is 12.2 Å². The van der Waals surface area contributed by atoms with Gasteiger partial charge in [-0.15, -0.1) is 0 Å². The van der Waals surface area contributed by atoms with E-state index < -0.39 is 0 Å². The second-order valence-electron chi connectivity index (χ2n) is 6.90. The van der Waals surface area contributed by atoms with Gasteiger partial charge in [-0.05, 0) is 49.0 Å². The Hall–Kier alpha value is -3.26. The van der Waals surface area contributed by atoms with Crippen molar-refractivity contribution in [1.29, 1.82) is 0 Å². The molecule has 148 valence electrons. The summed E-state index contributed by atoms with van der Waals surface area (Å²) >= 11 is 5.64. The molecule has 1 aromatic carbocycles. The maximum absolute atomic E-state index is 11.2. The topological polar surface area (TPSA) is 76.2 Å². The quantitative estimate of drug-likeness (QED) is 0.376. The number of non-ortho nitro benzene ring substituents is 1. The molecule has 3 aromatic rings. The molecule has 8 heteroatoms. The summed E-state index contributed by atoms with van der Waals surface area (Å²) in [6, 6.07) is 16.3. The first-order chi connectivity index (χ1) is 14.1. The second kappa shape index (κ2) is 8.00. The monoisotopic (exact) mass is 407 g/mol. The van der Waals surface area contributed by atoms with E-state index in [1.165, 1.54) is 6.07 Å². The molecule has 1 saturated heterocycles. The molecular weight excluding hydrogens is 386 g/mol. The average Bonchev–Trinajstić information content (AvgIpc) is 3.34. The van der Waals surface area contributed by atoms with Gasteiger partial charge in [0.1, 0.15) is 0 Å². The molecule has 1 aliphatic rings. The minimum atomic E-state index is -0.376. The van der Waals surface area contributed by atoms with Crippen molar-refractivity contribution in [2.45, 2.75) is 25.4 Å². The van der Waals surface area contributed by atoms with E-state index in [0.717, 1.165) is 30.0 Å². The van der Waals surface area contributed by atoms with Gasteiger partial charge < -0.3 is 14.8 Å². The SMILES string of the molecule is CCCN1C(=S)N[C@@H](c2ccccn2)[C@H]1c1cccn1-c1cccc([N+](=O)[O-])c1. The van der Waals surface area contributed by atoms with E-state index in [4.69, 9.17) is 12.2 Å². The van der Waals surface area contributed by atoms with E-state index in [-0.39, 0.29) is 22.7 Å². The minimum Gasteiger partial charge on any atom is -0.352 e. The van der Waals surface area contributed by atoms with Crippen LogP contribution < -0.4 is 5.32 Å². The standard InChI is InChI=1S/C21H21N5O2S/c1-2-12-25-20(19(23-21(25)29)17-9-3-4-11-22-17)18-10-6-13-24(18)15-7-5-8-16(14-15)26(27)28/h3-11,13-14,19-20H,2,12H2,1H3,(H,23,29)/t19-,20+/m0/s1. The van der Waals surface area contributed by atoms with Crippen LogP contribution in [0.15, 0.2) is 67.0 Å². The first kappa shape index (κ1) is 19.1. The molecule has 29 heavy (non-hydrogen) atoms. The second-order valence-corrected chi connectivity index (χ2v) is 7.29. The fourth-order valence-electron chi connectivity index (χ4n) is 3.84. The lowest BCUT2D eigenvalue weighted by atomic mass is 10.0. The lowest BCUT2D eigenvalue weighted by molar-refractivity contribution is -0.384. The van der Waals surface area contributed by atoms with Crippen LogP contribution in [0.1, 0.15) is 36.8 Å². The van der Waals surface area contributed by atoms with Crippen LogP contribution in [0.4, 0.5) is 5.69 Å². The Labute approximate surface area is 174 Å². The van der Waals surface area contributed by atoms with Crippen LogP contribution in [0.2, 0.25) is 0 Å². The van der Waals surface area contributed by atoms with Gasteiger partial charge in [-0.1, -0.05) is 19.1 Å².